The predicted molar refractivity (Wildman–Crippen MR) is 285 cm³/mol. The minimum absolute atomic E-state index is 0.420. The zero-order valence-electron chi connectivity index (χ0n) is 37.4. The van der Waals surface area contributed by atoms with E-state index in [4.69, 9.17) is 0 Å². The Hall–Kier alpha value is -7.80. The number of hydrogen-bond acceptors (Lipinski definition) is 0. The van der Waals surface area contributed by atoms with Gasteiger partial charge in [-0.25, -0.2) is 0 Å². The van der Waals surface area contributed by atoms with E-state index in [2.05, 4.69) is 206 Å². The van der Waals surface area contributed by atoms with Crippen LogP contribution >= 0.6 is 0 Å². The number of fused-ring (bicyclic) bond motifs is 17. The monoisotopic (exact) mass is 850 g/mol. The Morgan fingerprint density at radius 2 is 0.955 bits per heavy atom. The Bertz CT molecular complexity index is 3920. The van der Waals surface area contributed by atoms with Gasteiger partial charge in [-0.2, -0.15) is 0 Å². The van der Waals surface area contributed by atoms with Crippen molar-refractivity contribution in [3.63, 3.8) is 0 Å². The average Bonchev–Trinajstić information content (AvgIpc) is 3.86. The molecule has 0 saturated carbocycles. The van der Waals surface area contributed by atoms with Crippen LogP contribution in [0.1, 0.15) is 70.2 Å². The van der Waals surface area contributed by atoms with Crippen LogP contribution in [0.5, 0.6) is 0 Å². The topological polar surface area (TPSA) is 0 Å². The van der Waals surface area contributed by atoms with Gasteiger partial charge in [0.15, 0.2) is 0 Å². The van der Waals surface area contributed by atoms with E-state index in [1.54, 1.807) is 11.1 Å². The molecule has 1 spiro atoms. The smallest absolute Gasteiger partial charge is 0.0722 e. The van der Waals surface area contributed by atoms with Gasteiger partial charge in [-0.15, -0.1) is 0 Å². The molecule has 314 valence electrons. The van der Waals surface area contributed by atoms with Gasteiger partial charge in [-0.1, -0.05) is 176 Å². The lowest BCUT2D eigenvalue weighted by Gasteiger charge is -2.33. The summed E-state index contributed by atoms with van der Waals surface area (Å²) in [6.07, 6.45) is 21.1. The van der Waals surface area contributed by atoms with Gasteiger partial charge >= 0.3 is 0 Å². The van der Waals surface area contributed by atoms with E-state index in [0.717, 1.165) is 38.5 Å². The van der Waals surface area contributed by atoms with Crippen LogP contribution in [0.15, 0.2) is 200 Å². The fourth-order valence-corrected chi connectivity index (χ4v) is 13.6. The number of benzene rings is 10. The molecular formula is C67H46. The van der Waals surface area contributed by atoms with Crippen molar-refractivity contribution >= 4 is 60.8 Å². The summed E-state index contributed by atoms with van der Waals surface area (Å²) in [5.74, 6) is 0. The van der Waals surface area contributed by atoms with Crippen molar-refractivity contribution in [2.45, 2.75) is 43.9 Å². The van der Waals surface area contributed by atoms with E-state index < -0.39 is 5.41 Å². The Balaban J connectivity index is 0.997. The van der Waals surface area contributed by atoms with Gasteiger partial charge < -0.3 is 0 Å². The second kappa shape index (κ2) is 14.1. The molecular weight excluding hydrogens is 805 g/mol. The van der Waals surface area contributed by atoms with Crippen molar-refractivity contribution in [1.29, 1.82) is 0 Å². The molecule has 0 amide bonds. The molecule has 5 aliphatic carbocycles. The fourth-order valence-electron chi connectivity index (χ4n) is 13.6. The third kappa shape index (κ3) is 5.08. The molecule has 0 nitrogen and oxygen atoms in total. The molecule has 0 bridgehead atoms. The van der Waals surface area contributed by atoms with Crippen LogP contribution in [0.3, 0.4) is 0 Å². The first-order valence-electron chi connectivity index (χ1n) is 24.4. The summed E-state index contributed by atoms with van der Waals surface area (Å²) in [5, 5.41) is 10.4. The third-order valence-electron chi connectivity index (χ3n) is 16.2. The Morgan fingerprint density at radius 3 is 1.75 bits per heavy atom. The summed E-state index contributed by atoms with van der Waals surface area (Å²) in [6, 6.07) is 65.5. The van der Waals surface area contributed by atoms with Crippen molar-refractivity contribution < 1.29 is 0 Å². The first-order valence-corrected chi connectivity index (χ1v) is 24.4. The molecule has 0 radical (unpaired) electrons. The van der Waals surface area contributed by atoms with Gasteiger partial charge in [-0.05, 0) is 212 Å². The SMILES string of the molecule is C1=CC2=C(CC1)c1ccccc1C21c2cc3ccccc3cc2-c2c1cc(-c1cccc(-c3c4ccccc4c(-c4cc5c(c6c4C=CCC6)CCC=C5)c4ccccc34)c1)c1ccccc21. The van der Waals surface area contributed by atoms with Gasteiger partial charge in [0.1, 0.15) is 0 Å². The van der Waals surface area contributed by atoms with Crippen molar-refractivity contribution in [3.05, 3.63) is 244 Å². The van der Waals surface area contributed by atoms with Crippen LogP contribution in [0, 0.1) is 0 Å². The molecule has 15 rings (SSSR count). The molecule has 0 heteroatoms. The predicted octanol–water partition coefficient (Wildman–Crippen LogP) is 17.7. The molecule has 0 N–H and O–H groups in total. The lowest BCUT2D eigenvalue weighted by Crippen LogP contribution is -2.27. The quantitative estimate of drug-likeness (QED) is 0.155. The Morgan fingerprint density at radius 1 is 0.343 bits per heavy atom. The van der Waals surface area contributed by atoms with Crippen molar-refractivity contribution in [2.24, 2.45) is 0 Å². The summed E-state index contributed by atoms with van der Waals surface area (Å²) in [5.41, 5.74) is 24.6. The molecule has 0 aliphatic heterocycles. The first-order chi connectivity index (χ1) is 33.3. The van der Waals surface area contributed by atoms with Crippen LogP contribution < -0.4 is 0 Å². The van der Waals surface area contributed by atoms with Gasteiger partial charge in [-0.3, -0.25) is 0 Å². The van der Waals surface area contributed by atoms with E-state index >= 15 is 0 Å². The fraction of sp³-hybridized carbons (Fsp3) is 0.104. The van der Waals surface area contributed by atoms with Crippen molar-refractivity contribution in [3.8, 4) is 44.5 Å². The second-order valence-electron chi connectivity index (χ2n) is 19.5. The largest absolute Gasteiger partial charge is 0.0839 e. The van der Waals surface area contributed by atoms with Crippen molar-refractivity contribution in [2.75, 3.05) is 0 Å². The molecule has 0 heterocycles. The third-order valence-corrected chi connectivity index (χ3v) is 16.2. The Kier molecular flexibility index (Phi) is 7.88. The van der Waals surface area contributed by atoms with Gasteiger partial charge in [0.05, 0.1) is 5.41 Å². The maximum atomic E-state index is 2.61. The van der Waals surface area contributed by atoms with Gasteiger partial charge in [0.25, 0.3) is 0 Å². The van der Waals surface area contributed by atoms with E-state index in [0.29, 0.717) is 0 Å². The molecule has 0 saturated heterocycles. The van der Waals surface area contributed by atoms with Gasteiger partial charge in [0.2, 0.25) is 0 Å². The van der Waals surface area contributed by atoms with E-state index in [9.17, 15) is 0 Å². The van der Waals surface area contributed by atoms with Gasteiger partial charge in [0, 0.05) is 0 Å². The van der Waals surface area contributed by atoms with E-state index in [1.807, 2.05) is 0 Å². The van der Waals surface area contributed by atoms with Crippen LogP contribution in [0.4, 0.5) is 0 Å². The minimum Gasteiger partial charge on any atom is -0.0839 e. The minimum atomic E-state index is -0.420. The molecule has 1 unspecified atom stereocenters. The second-order valence-corrected chi connectivity index (χ2v) is 19.5. The summed E-state index contributed by atoms with van der Waals surface area (Å²) in [6.45, 7) is 0. The number of allylic oxidation sites excluding steroid dienone is 6. The molecule has 0 aromatic heterocycles. The average molecular weight is 851 g/mol. The van der Waals surface area contributed by atoms with Crippen LogP contribution in [0.2, 0.25) is 0 Å². The summed E-state index contributed by atoms with van der Waals surface area (Å²) in [4.78, 5) is 0. The lowest BCUT2D eigenvalue weighted by molar-refractivity contribution is 0.782. The van der Waals surface area contributed by atoms with Crippen LogP contribution in [-0.4, -0.2) is 0 Å². The molecule has 10 aromatic carbocycles. The first kappa shape index (κ1) is 37.4. The maximum absolute atomic E-state index is 2.61. The zero-order chi connectivity index (χ0) is 43.8. The highest BCUT2D eigenvalue weighted by atomic mass is 14.5. The highest BCUT2D eigenvalue weighted by Crippen LogP contribution is 2.65. The molecule has 10 aromatic rings. The summed E-state index contributed by atoms with van der Waals surface area (Å²) >= 11 is 0. The number of rotatable bonds is 3. The molecule has 67 heavy (non-hydrogen) atoms. The lowest BCUT2D eigenvalue weighted by atomic mass is 9.68. The van der Waals surface area contributed by atoms with E-state index in [-0.39, 0.29) is 0 Å². The van der Waals surface area contributed by atoms with E-state index in [1.165, 1.54) is 132 Å². The summed E-state index contributed by atoms with van der Waals surface area (Å²) < 4.78 is 0. The Labute approximate surface area is 391 Å². The zero-order valence-corrected chi connectivity index (χ0v) is 37.4. The highest BCUT2D eigenvalue weighted by Gasteiger charge is 2.53. The number of hydrogen-bond donors (Lipinski definition) is 0. The molecule has 1 atom stereocenters. The normalized spacial score (nSPS) is 17.3. The maximum Gasteiger partial charge on any atom is 0.0722 e. The molecule has 5 aliphatic rings. The van der Waals surface area contributed by atoms with Crippen LogP contribution in [-0.2, 0) is 18.3 Å². The highest BCUT2D eigenvalue weighted by molar-refractivity contribution is 6.22. The van der Waals surface area contributed by atoms with Crippen LogP contribution in [0.25, 0.3) is 105 Å². The standard InChI is InChI=1S/C67H46/c1-2-19-42-39-62-59(37-41(42)18-1)66-52-29-8-7-26-49(52)57(40-63(66)67(62)60-34-15-13-27-50(60)51-28-14-16-35-61(51)67)43-21-17-22-45(36-43)64-53-30-9-11-32-55(53)65(56-33-12-10-31-54(56)64)58-38-44-20-3-4-23-46(44)47-24-5-6-25-48(47)58/h1-3,6-13,15-22,25-27,29-40H,4-5,14,23-24,28H2. The van der Waals surface area contributed by atoms with Crippen molar-refractivity contribution in [1.82, 2.24) is 0 Å². The molecule has 0 fully saturated rings. The summed E-state index contributed by atoms with van der Waals surface area (Å²) in [7, 11) is 0.